The van der Waals surface area contributed by atoms with Gasteiger partial charge >= 0.3 is 5.69 Å². The van der Waals surface area contributed by atoms with E-state index in [2.05, 4.69) is 68.9 Å². The Morgan fingerprint density at radius 3 is 2.44 bits per heavy atom. The Kier molecular flexibility index (Phi) is 7.12. The van der Waals surface area contributed by atoms with Gasteiger partial charge in [-0.25, -0.2) is 9.89 Å². The van der Waals surface area contributed by atoms with Gasteiger partial charge in [-0.1, -0.05) is 74.4 Å². The Bertz CT molecular complexity index is 1450. The number of H-pyrrole nitrogens is 1. The molecule has 0 aliphatic heterocycles. The van der Waals surface area contributed by atoms with Gasteiger partial charge in [-0.05, 0) is 51.6 Å². The van der Waals surface area contributed by atoms with Gasteiger partial charge in [-0.15, -0.1) is 5.10 Å². The largest absolute Gasteiger partial charge is 0.328 e. The zero-order valence-corrected chi connectivity index (χ0v) is 20.3. The highest BCUT2D eigenvalue weighted by molar-refractivity contribution is 5.79. The molecule has 0 saturated heterocycles. The first-order valence-electron chi connectivity index (χ1n) is 12.3. The number of hydrogen-bond donors (Lipinski definition) is 1. The van der Waals surface area contributed by atoms with Gasteiger partial charge in [0, 0.05) is 29.8 Å². The maximum absolute atomic E-state index is 13.4. The first kappa shape index (κ1) is 23.4. The molecule has 0 radical (unpaired) electrons. The van der Waals surface area contributed by atoms with Crippen LogP contribution in [0.25, 0.3) is 22.5 Å². The molecule has 0 unspecified atom stereocenters. The van der Waals surface area contributed by atoms with Crippen LogP contribution in [0.2, 0.25) is 0 Å². The quantitative estimate of drug-likeness (QED) is 0.293. The highest BCUT2D eigenvalue weighted by Crippen LogP contribution is 2.29. The average Bonchev–Trinajstić information content (AvgIpc) is 3.55. The minimum absolute atomic E-state index is 0.0312. The molecule has 182 valence electrons. The van der Waals surface area contributed by atoms with E-state index in [1.165, 1.54) is 0 Å². The van der Waals surface area contributed by atoms with E-state index in [1.54, 1.807) is 12.4 Å². The fraction of sp³-hybridized carbons (Fsp3) is 0.250. The Hall–Kier alpha value is -4.33. The van der Waals surface area contributed by atoms with Crippen molar-refractivity contribution < 1.29 is 0 Å². The number of imidazole rings is 1. The molecular weight excluding hydrogens is 450 g/mol. The first-order valence-corrected chi connectivity index (χ1v) is 12.3. The third-order valence-corrected chi connectivity index (χ3v) is 6.39. The normalized spacial score (nSPS) is 11.1. The van der Waals surface area contributed by atoms with Crippen molar-refractivity contribution in [3.8, 4) is 22.5 Å². The third-order valence-electron chi connectivity index (χ3n) is 6.39. The summed E-state index contributed by atoms with van der Waals surface area (Å²) < 4.78 is 3.76. The summed E-state index contributed by atoms with van der Waals surface area (Å²) in [4.78, 5) is 17.6. The molecule has 8 nitrogen and oxygen atoms in total. The van der Waals surface area contributed by atoms with E-state index < -0.39 is 0 Å². The van der Waals surface area contributed by atoms with Crippen LogP contribution in [0.1, 0.15) is 43.0 Å². The highest BCUT2D eigenvalue weighted by atomic mass is 16.1. The van der Waals surface area contributed by atoms with Crippen molar-refractivity contribution in [3.63, 3.8) is 0 Å². The molecule has 5 aromatic rings. The molecule has 2 aromatic carbocycles. The topological polar surface area (TPSA) is 94.3 Å². The van der Waals surface area contributed by atoms with E-state index >= 15 is 0 Å². The number of nitrogens with one attached hydrogen (secondary N) is 1. The molecule has 1 N–H and O–H groups in total. The van der Waals surface area contributed by atoms with Gasteiger partial charge in [0.25, 0.3) is 0 Å². The number of unbranched alkanes of at least 4 members (excludes halogenated alkanes) is 2. The summed E-state index contributed by atoms with van der Waals surface area (Å²) in [6, 6.07) is 20.4. The summed E-state index contributed by atoms with van der Waals surface area (Å²) in [7, 11) is 0. The van der Waals surface area contributed by atoms with Crippen LogP contribution in [0.15, 0.2) is 84.0 Å². The lowest BCUT2D eigenvalue weighted by atomic mass is 10.00. The second-order valence-electron chi connectivity index (χ2n) is 8.93. The van der Waals surface area contributed by atoms with Crippen molar-refractivity contribution in [2.75, 3.05) is 0 Å². The minimum Gasteiger partial charge on any atom is -0.295 e. The number of aromatic amines is 1. The van der Waals surface area contributed by atoms with Crippen LogP contribution in [0.4, 0.5) is 0 Å². The number of aryl methyl sites for hydroxylation is 1. The lowest BCUT2D eigenvalue weighted by Gasteiger charge is -2.10. The van der Waals surface area contributed by atoms with Crippen molar-refractivity contribution in [2.24, 2.45) is 0 Å². The zero-order chi connectivity index (χ0) is 24.7. The van der Waals surface area contributed by atoms with Crippen LogP contribution in [-0.4, -0.2) is 34.7 Å². The van der Waals surface area contributed by atoms with Gasteiger partial charge in [0.15, 0.2) is 5.82 Å². The van der Waals surface area contributed by atoms with Gasteiger partial charge in [-0.3, -0.25) is 14.1 Å². The van der Waals surface area contributed by atoms with Gasteiger partial charge in [0.1, 0.15) is 0 Å². The molecule has 0 aliphatic rings. The Morgan fingerprint density at radius 1 is 0.889 bits per heavy atom. The molecule has 0 atom stereocenters. The maximum atomic E-state index is 13.4. The summed E-state index contributed by atoms with van der Waals surface area (Å²) >= 11 is 0. The van der Waals surface area contributed by atoms with E-state index in [1.807, 2.05) is 39.6 Å². The van der Waals surface area contributed by atoms with Gasteiger partial charge in [0.05, 0.1) is 13.1 Å². The standard InChI is InChI=1S/C28H29N7O/c1-2-3-5-10-24-20-34(18-21-8-6-4-7-9-21)28(36)35(24)19-22-11-13-23(14-12-22)25-15-16-29-17-26(25)27-30-32-33-31-27/h4,6-9,11-17,20H,2-3,5,10,18-19H2,1H3,(H,30,31,32,33). The van der Waals surface area contributed by atoms with Crippen molar-refractivity contribution >= 4 is 0 Å². The van der Waals surface area contributed by atoms with Crippen molar-refractivity contribution in [1.82, 2.24) is 34.7 Å². The fourth-order valence-electron chi connectivity index (χ4n) is 4.48. The van der Waals surface area contributed by atoms with Crippen LogP contribution in [0, 0.1) is 0 Å². The number of pyridine rings is 1. The van der Waals surface area contributed by atoms with Crippen LogP contribution in [0.3, 0.4) is 0 Å². The Morgan fingerprint density at radius 2 is 1.69 bits per heavy atom. The van der Waals surface area contributed by atoms with Crippen LogP contribution in [-0.2, 0) is 19.5 Å². The number of benzene rings is 2. The minimum atomic E-state index is 0.0312. The second-order valence-corrected chi connectivity index (χ2v) is 8.93. The first-order chi connectivity index (χ1) is 17.7. The second kappa shape index (κ2) is 10.9. The van der Waals surface area contributed by atoms with Crippen LogP contribution < -0.4 is 5.69 Å². The van der Waals surface area contributed by atoms with E-state index in [-0.39, 0.29) is 5.69 Å². The third kappa shape index (κ3) is 5.17. The predicted octanol–water partition coefficient (Wildman–Crippen LogP) is 4.72. The van der Waals surface area contributed by atoms with Gasteiger partial charge < -0.3 is 0 Å². The molecule has 0 spiro atoms. The Balaban J connectivity index is 1.41. The van der Waals surface area contributed by atoms with Crippen LogP contribution in [0.5, 0.6) is 0 Å². The Labute approximate surface area is 209 Å². The number of tetrazole rings is 1. The van der Waals surface area contributed by atoms with Crippen LogP contribution >= 0.6 is 0 Å². The van der Waals surface area contributed by atoms with Gasteiger partial charge in [-0.2, -0.15) is 0 Å². The number of rotatable bonds is 10. The lowest BCUT2D eigenvalue weighted by Crippen LogP contribution is -2.26. The number of aromatic nitrogens is 7. The SMILES string of the molecule is CCCCCc1cn(Cc2ccccc2)c(=O)n1Cc1ccc(-c2ccncc2-c2nnn[nH]2)cc1. The van der Waals surface area contributed by atoms with Crippen molar-refractivity contribution in [3.05, 3.63) is 107 Å². The van der Waals surface area contributed by atoms with E-state index in [0.717, 1.165) is 59.2 Å². The molecule has 3 heterocycles. The highest BCUT2D eigenvalue weighted by Gasteiger charge is 2.14. The fourth-order valence-corrected chi connectivity index (χ4v) is 4.48. The van der Waals surface area contributed by atoms with E-state index in [4.69, 9.17) is 0 Å². The summed E-state index contributed by atoms with van der Waals surface area (Å²) in [6.07, 6.45) is 9.82. The summed E-state index contributed by atoms with van der Waals surface area (Å²) in [5.41, 5.74) is 6.17. The predicted molar refractivity (Wildman–Crippen MR) is 139 cm³/mol. The molecule has 8 heteroatoms. The zero-order valence-electron chi connectivity index (χ0n) is 20.3. The summed E-state index contributed by atoms with van der Waals surface area (Å²) in [5, 5.41) is 14.2. The summed E-state index contributed by atoms with van der Waals surface area (Å²) in [6.45, 7) is 3.31. The summed E-state index contributed by atoms with van der Waals surface area (Å²) in [5.74, 6) is 0.574. The molecule has 0 amide bonds. The molecule has 5 rings (SSSR count). The monoisotopic (exact) mass is 479 g/mol. The number of hydrogen-bond acceptors (Lipinski definition) is 5. The van der Waals surface area contributed by atoms with E-state index in [0.29, 0.717) is 18.9 Å². The molecular formula is C28H29N7O. The molecule has 0 aliphatic carbocycles. The molecule has 0 fully saturated rings. The van der Waals surface area contributed by atoms with E-state index in [9.17, 15) is 4.79 Å². The smallest absolute Gasteiger partial charge is 0.295 e. The van der Waals surface area contributed by atoms with Gasteiger partial charge in [0.2, 0.25) is 0 Å². The average molecular weight is 480 g/mol. The van der Waals surface area contributed by atoms with Crippen molar-refractivity contribution in [1.29, 1.82) is 0 Å². The molecule has 3 aromatic heterocycles. The molecule has 0 saturated carbocycles. The molecule has 0 bridgehead atoms. The maximum Gasteiger partial charge on any atom is 0.328 e. The molecule has 36 heavy (non-hydrogen) atoms. The lowest BCUT2D eigenvalue weighted by molar-refractivity contribution is 0.643. The number of nitrogens with zero attached hydrogens (tertiary/aromatic N) is 6. The van der Waals surface area contributed by atoms with Crippen molar-refractivity contribution in [2.45, 2.75) is 45.7 Å².